The maximum Gasteiger partial charge on any atom is 0.491 e. The largest absolute Gasteiger partial charge is 0.491 e. The second-order valence-corrected chi connectivity index (χ2v) is 5.45. The van der Waals surface area contributed by atoms with Gasteiger partial charge in [0.05, 0.1) is 12.8 Å². The molecular weight excluding hydrogens is 272 g/mol. The lowest BCUT2D eigenvalue weighted by molar-refractivity contribution is 0.225. The van der Waals surface area contributed by atoms with Crippen LogP contribution in [0.15, 0.2) is 41.0 Å². The number of nitrogens with zero attached hydrogens (tertiary/aromatic N) is 1. The molecule has 1 aliphatic rings. The van der Waals surface area contributed by atoms with Gasteiger partial charge >= 0.3 is 7.12 Å². The van der Waals surface area contributed by atoms with Crippen molar-refractivity contribution in [1.82, 2.24) is 4.90 Å². The van der Waals surface area contributed by atoms with Crippen molar-refractivity contribution in [1.29, 1.82) is 0 Å². The third-order valence-electron chi connectivity index (χ3n) is 3.73. The van der Waals surface area contributed by atoms with Crippen LogP contribution in [0.1, 0.15) is 24.2 Å². The number of halogens is 1. The summed E-state index contributed by atoms with van der Waals surface area (Å²) in [6.07, 6.45) is 3.95. The molecule has 0 bridgehead atoms. The van der Waals surface area contributed by atoms with Crippen LogP contribution >= 0.6 is 0 Å². The standard InChI is InChI=1S/C15H17BFNO3/c17-15-6-3-11(8-14(15)16(19)20)9-18(12-4-5-12)10-13-2-1-7-21-13/h1-3,6-8,12,19-20H,4-5,9-10H2. The highest BCUT2D eigenvalue weighted by Gasteiger charge is 2.29. The van der Waals surface area contributed by atoms with Gasteiger partial charge in [-0.25, -0.2) is 4.39 Å². The molecule has 1 fully saturated rings. The van der Waals surface area contributed by atoms with Crippen molar-refractivity contribution in [2.75, 3.05) is 0 Å². The summed E-state index contributed by atoms with van der Waals surface area (Å²) in [5, 5.41) is 18.4. The topological polar surface area (TPSA) is 56.8 Å². The summed E-state index contributed by atoms with van der Waals surface area (Å²) in [7, 11) is -1.79. The third kappa shape index (κ3) is 3.53. The molecule has 0 saturated heterocycles. The Hall–Kier alpha value is -1.63. The molecule has 21 heavy (non-hydrogen) atoms. The van der Waals surface area contributed by atoms with E-state index >= 15 is 0 Å². The van der Waals surface area contributed by atoms with Gasteiger partial charge in [-0.1, -0.05) is 12.1 Å². The average molecular weight is 289 g/mol. The quantitative estimate of drug-likeness (QED) is 0.786. The zero-order chi connectivity index (χ0) is 14.8. The van der Waals surface area contributed by atoms with E-state index in [1.54, 1.807) is 12.3 Å². The van der Waals surface area contributed by atoms with E-state index in [0.717, 1.165) is 24.2 Å². The van der Waals surface area contributed by atoms with E-state index in [2.05, 4.69) is 4.90 Å². The van der Waals surface area contributed by atoms with Gasteiger partial charge in [0, 0.05) is 18.0 Å². The van der Waals surface area contributed by atoms with Crippen molar-refractivity contribution < 1.29 is 18.9 Å². The summed E-state index contributed by atoms with van der Waals surface area (Å²) in [5.41, 5.74) is 0.777. The van der Waals surface area contributed by atoms with Crippen molar-refractivity contribution in [3.63, 3.8) is 0 Å². The maximum absolute atomic E-state index is 13.5. The molecule has 0 radical (unpaired) electrons. The van der Waals surface area contributed by atoms with Crippen LogP contribution in [0.5, 0.6) is 0 Å². The molecule has 0 unspecified atom stereocenters. The normalized spacial score (nSPS) is 14.7. The molecule has 4 nitrogen and oxygen atoms in total. The van der Waals surface area contributed by atoms with Gasteiger partial charge in [-0.15, -0.1) is 0 Å². The highest BCUT2D eigenvalue weighted by atomic mass is 19.1. The molecule has 1 aliphatic carbocycles. The van der Waals surface area contributed by atoms with Gasteiger partial charge in [0.25, 0.3) is 0 Å². The number of furan rings is 1. The van der Waals surface area contributed by atoms with E-state index in [1.165, 1.54) is 12.1 Å². The van der Waals surface area contributed by atoms with E-state index in [-0.39, 0.29) is 5.46 Å². The Labute approximate surface area is 123 Å². The predicted molar refractivity (Wildman–Crippen MR) is 77.2 cm³/mol. The Bertz CT molecular complexity index is 599. The molecule has 0 atom stereocenters. The van der Waals surface area contributed by atoms with E-state index in [0.29, 0.717) is 19.1 Å². The molecule has 110 valence electrons. The Morgan fingerprint density at radius 2 is 2.05 bits per heavy atom. The average Bonchev–Trinajstić information content (AvgIpc) is 3.18. The van der Waals surface area contributed by atoms with Crippen LogP contribution in [-0.4, -0.2) is 28.1 Å². The second kappa shape index (κ2) is 6.01. The SMILES string of the molecule is OB(O)c1cc(CN(Cc2ccco2)C2CC2)ccc1F. The summed E-state index contributed by atoms with van der Waals surface area (Å²) < 4.78 is 18.9. The lowest BCUT2D eigenvalue weighted by Gasteiger charge is -2.21. The molecular formula is C15H17BFNO3. The Balaban J connectivity index is 1.75. The van der Waals surface area contributed by atoms with Crippen molar-refractivity contribution >= 4 is 12.6 Å². The first-order valence-corrected chi connectivity index (χ1v) is 7.04. The van der Waals surface area contributed by atoms with E-state index in [9.17, 15) is 14.4 Å². The molecule has 1 saturated carbocycles. The highest BCUT2D eigenvalue weighted by molar-refractivity contribution is 6.58. The predicted octanol–water partition coefficient (Wildman–Crippen LogP) is 1.26. The molecule has 1 aromatic heterocycles. The molecule has 0 spiro atoms. The Kier molecular flexibility index (Phi) is 4.10. The maximum atomic E-state index is 13.5. The zero-order valence-corrected chi connectivity index (χ0v) is 11.6. The van der Waals surface area contributed by atoms with E-state index in [4.69, 9.17) is 4.42 Å². The third-order valence-corrected chi connectivity index (χ3v) is 3.73. The molecule has 0 aliphatic heterocycles. The summed E-state index contributed by atoms with van der Waals surface area (Å²) in [4.78, 5) is 2.26. The van der Waals surface area contributed by atoms with Crippen LogP contribution < -0.4 is 5.46 Å². The number of hydrogen-bond acceptors (Lipinski definition) is 4. The molecule has 2 N–H and O–H groups in total. The van der Waals surface area contributed by atoms with Crippen LogP contribution in [-0.2, 0) is 13.1 Å². The van der Waals surface area contributed by atoms with Gasteiger partial charge < -0.3 is 14.5 Å². The molecule has 1 heterocycles. The first kappa shape index (κ1) is 14.3. The Morgan fingerprint density at radius 1 is 1.24 bits per heavy atom. The number of hydrogen-bond donors (Lipinski definition) is 2. The summed E-state index contributed by atoms with van der Waals surface area (Å²) in [6, 6.07) is 8.78. The monoisotopic (exact) mass is 289 g/mol. The molecule has 6 heteroatoms. The van der Waals surface area contributed by atoms with Crippen LogP contribution in [0, 0.1) is 5.82 Å². The lowest BCUT2D eigenvalue weighted by atomic mass is 9.79. The van der Waals surface area contributed by atoms with Crippen molar-refractivity contribution in [3.8, 4) is 0 Å². The fourth-order valence-corrected chi connectivity index (χ4v) is 2.48. The lowest BCUT2D eigenvalue weighted by Crippen LogP contribution is -2.34. The van der Waals surface area contributed by atoms with Gasteiger partial charge in [0.15, 0.2) is 0 Å². The highest BCUT2D eigenvalue weighted by Crippen LogP contribution is 2.29. The van der Waals surface area contributed by atoms with Gasteiger partial charge in [-0.05, 0) is 36.6 Å². The molecule has 1 aromatic carbocycles. The smallest absolute Gasteiger partial charge is 0.468 e. The van der Waals surface area contributed by atoms with Gasteiger partial charge in [0.2, 0.25) is 0 Å². The van der Waals surface area contributed by atoms with Crippen LogP contribution in [0.25, 0.3) is 0 Å². The fourth-order valence-electron chi connectivity index (χ4n) is 2.48. The minimum Gasteiger partial charge on any atom is -0.468 e. The molecule has 3 rings (SSSR count). The minimum absolute atomic E-state index is 0.0822. The van der Waals surface area contributed by atoms with Crippen LogP contribution in [0.4, 0.5) is 4.39 Å². The first-order chi connectivity index (χ1) is 10.1. The Morgan fingerprint density at radius 3 is 2.67 bits per heavy atom. The first-order valence-electron chi connectivity index (χ1n) is 7.04. The van der Waals surface area contributed by atoms with Gasteiger partial charge in [-0.3, -0.25) is 4.90 Å². The number of benzene rings is 1. The summed E-state index contributed by atoms with van der Waals surface area (Å²) >= 11 is 0. The number of rotatable bonds is 6. The van der Waals surface area contributed by atoms with Crippen molar-refractivity contribution in [2.45, 2.75) is 32.0 Å². The molecule has 0 amide bonds. The zero-order valence-electron chi connectivity index (χ0n) is 11.6. The van der Waals surface area contributed by atoms with E-state index < -0.39 is 12.9 Å². The van der Waals surface area contributed by atoms with Crippen LogP contribution in [0.3, 0.4) is 0 Å². The minimum atomic E-state index is -1.79. The summed E-state index contributed by atoms with van der Waals surface area (Å²) in [5.74, 6) is 0.296. The second-order valence-electron chi connectivity index (χ2n) is 5.45. The van der Waals surface area contributed by atoms with Crippen molar-refractivity contribution in [3.05, 3.63) is 53.7 Å². The fraction of sp³-hybridized carbons (Fsp3) is 0.333. The molecule has 2 aromatic rings. The summed E-state index contributed by atoms with van der Waals surface area (Å²) in [6.45, 7) is 1.33. The van der Waals surface area contributed by atoms with Gasteiger partial charge in [0.1, 0.15) is 11.6 Å². The van der Waals surface area contributed by atoms with Gasteiger partial charge in [-0.2, -0.15) is 0 Å². The van der Waals surface area contributed by atoms with Crippen LogP contribution in [0.2, 0.25) is 0 Å². The van der Waals surface area contributed by atoms with Crippen molar-refractivity contribution in [2.24, 2.45) is 0 Å². The van der Waals surface area contributed by atoms with E-state index in [1.807, 2.05) is 12.1 Å².